The molecule has 0 atom stereocenters. The zero-order valence-corrected chi connectivity index (χ0v) is 14.5. The highest BCUT2D eigenvalue weighted by molar-refractivity contribution is 5.83. The van der Waals surface area contributed by atoms with Gasteiger partial charge in [0.15, 0.2) is 0 Å². The number of hydrogen-bond donors (Lipinski definition) is 2. The van der Waals surface area contributed by atoms with Gasteiger partial charge in [0, 0.05) is 24.0 Å². The maximum absolute atomic E-state index is 11.2. The molecule has 1 aliphatic heterocycles. The van der Waals surface area contributed by atoms with Gasteiger partial charge < -0.3 is 9.67 Å². The Bertz CT molecular complexity index is 777. The van der Waals surface area contributed by atoms with E-state index in [1.54, 1.807) is 0 Å². The quantitative estimate of drug-likeness (QED) is 0.848. The minimum absolute atomic E-state index is 0.0960. The zero-order chi connectivity index (χ0) is 17.3. The summed E-state index contributed by atoms with van der Waals surface area (Å²) in [5.74, 6) is 0. The third-order valence-electron chi connectivity index (χ3n) is 4.51. The van der Waals surface area contributed by atoms with Crippen LogP contribution in [0.3, 0.4) is 0 Å². The number of hydrogen-bond acceptors (Lipinski definition) is 1. The summed E-state index contributed by atoms with van der Waals surface area (Å²) in [6.07, 6.45) is 2.70. The van der Waals surface area contributed by atoms with E-state index in [-0.39, 0.29) is 5.41 Å². The van der Waals surface area contributed by atoms with Crippen molar-refractivity contribution in [2.24, 2.45) is 0 Å². The van der Waals surface area contributed by atoms with E-state index in [0.29, 0.717) is 0 Å². The minimum atomic E-state index is -1.01. The van der Waals surface area contributed by atoms with Crippen LogP contribution in [0.25, 0.3) is 5.57 Å². The smallest absolute Gasteiger partial charge is 0.408 e. The van der Waals surface area contributed by atoms with E-state index >= 15 is 0 Å². The SMILES string of the molecule is CC(C)(C)c1ccc(C2=C(NC(=O)O)CCCn3cccc32)cc1. The Morgan fingerprint density at radius 1 is 1.17 bits per heavy atom. The van der Waals surface area contributed by atoms with Crippen molar-refractivity contribution in [1.29, 1.82) is 0 Å². The number of carbonyl (C=O) groups is 1. The van der Waals surface area contributed by atoms with Crippen LogP contribution in [0.2, 0.25) is 0 Å². The van der Waals surface area contributed by atoms with E-state index in [0.717, 1.165) is 41.9 Å². The molecule has 1 aromatic heterocycles. The second kappa shape index (κ2) is 6.19. The van der Waals surface area contributed by atoms with Gasteiger partial charge in [0.25, 0.3) is 0 Å². The molecular weight excluding hydrogens is 300 g/mol. The van der Waals surface area contributed by atoms with Crippen LogP contribution in [0.5, 0.6) is 0 Å². The summed E-state index contributed by atoms with van der Waals surface area (Å²) in [6, 6.07) is 12.5. The molecule has 0 spiro atoms. The van der Waals surface area contributed by atoms with Crippen LogP contribution in [-0.4, -0.2) is 15.8 Å². The number of benzene rings is 1. The molecular formula is C20H24N2O2. The fraction of sp³-hybridized carbons (Fsp3) is 0.350. The Hall–Kier alpha value is -2.49. The molecule has 0 saturated heterocycles. The van der Waals surface area contributed by atoms with E-state index in [9.17, 15) is 9.90 Å². The number of nitrogens with zero attached hydrogens (tertiary/aromatic N) is 1. The number of rotatable bonds is 2. The van der Waals surface area contributed by atoms with E-state index in [1.165, 1.54) is 5.56 Å². The van der Waals surface area contributed by atoms with Crippen molar-refractivity contribution in [3.8, 4) is 0 Å². The van der Waals surface area contributed by atoms with E-state index < -0.39 is 6.09 Å². The third-order valence-corrected chi connectivity index (χ3v) is 4.51. The highest BCUT2D eigenvalue weighted by Crippen LogP contribution is 2.32. The van der Waals surface area contributed by atoms with Crippen LogP contribution in [0.15, 0.2) is 48.3 Å². The Labute approximate surface area is 142 Å². The number of aromatic nitrogens is 1. The van der Waals surface area contributed by atoms with Crippen LogP contribution in [0.1, 0.15) is 50.4 Å². The van der Waals surface area contributed by atoms with Gasteiger partial charge in [0.2, 0.25) is 0 Å². The number of aryl methyl sites for hydroxylation is 1. The molecule has 1 amide bonds. The minimum Gasteiger partial charge on any atom is -0.465 e. The molecule has 0 bridgehead atoms. The molecule has 2 N–H and O–H groups in total. The predicted octanol–water partition coefficient (Wildman–Crippen LogP) is 4.61. The van der Waals surface area contributed by atoms with Crippen LogP contribution in [0, 0.1) is 0 Å². The average Bonchev–Trinajstić information content (AvgIpc) is 2.88. The summed E-state index contributed by atoms with van der Waals surface area (Å²) >= 11 is 0. The van der Waals surface area contributed by atoms with Gasteiger partial charge in [0.1, 0.15) is 0 Å². The van der Waals surface area contributed by atoms with Gasteiger partial charge in [-0.2, -0.15) is 0 Å². The zero-order valence-electron chi connectivity index (χ0n) is 14.5. The van der Waals surface area contributed by atoms with Gasteiger partial charge >= 0.3 is 6.09 Å². The monoisotopic (exact) mass is 324 g/mol. The first-order valence-corrected chi connectivity index (χ1v) is 8.36. The van der Waals surface area contributed by atoms with Crippen LogP contribution >= 0.6 is 0 Å². The molecule has 2 heterocycles. The maximum atomic E-state index is 11.2. The fourth-order valence-corrected chi connectivity index (χ4v) is 3.25. The summed E-state index contributed by atoms with van der Waals surface area (Å²) in [6.45, 7) is 7.47. The molecule has 0 aliphatic carbocycles. The normalized spacial score (nSPS) is 15.0. The van der Waals surface area contributed by atoms with Crippen LogP contribution in [0.4, 0.5) is 4.79 Å². The van der Waals surface area contributed by atoms with Crippen molar-refractivity contribution < 1.29 is 9.90 Å². The number of amides is 1. The van der Waals surface area contributed by atoms with Crippen molar-refractivity contribution in [2.75, 3.05) is 0 Å². The first-order chi connectivity index (χ1) is 11.4. The van der Waals surface area contributed by atoms with Gasteiger partial charge in [-0.25, -0.2) is 4.79 Å². The van der Waals surface area contributed by atoms with Crippen LogP contribution < -0.4 is 5.32 Å². The number of nitrogens with one attached hydrogen (secondary N) is 1. The molecule has 24 heavy (non-hydrogen) atoms. The average molecular weight is 324 g/mol. The fourth-order valence-electron chi connectivity index (χ4n) is 3.25. The summed E-state index contributed by atoms with van der Waals surface area (Å²) < 4.78 is 2.20. The van der Waals surface area contributed by atoms with Gasteiger partial charge in [-0.1, -0.05) is 45.0 Å². The molecule has 126 valence electrons. The number of allylic oxidation sites excluding steroid dienone is 1. The lowest BCUT2D eigenvalue weighted by Gasteiger charge is -2.20. The Morgan fingerprint density at radius 3 is 2.50 bits per heavy atom. The number of fused-ring (bicyclic) bond motifs is 1. The molecule has 1 aromatic carbocycles. The molecule has 0 fully saturated rings. The second-order valence-corrected chi connectivity index (χ2v) is 7.30. The molecule has 2 aromatic rings. The topological polar surface area (TPSA) is 54.3 Å². The summed E-state index contributed by atoms with van der Waals surface area (Å²) in [7, 11) is 0. The Balaban J connectivity index is 2.12. The Kier molecular flexibility index (Phi) is 4.22. The predicted molar refractivity (Wildman–Crippen MR) is 96.0 cm³/mol. The van der Waals surface area contributed by atoms with E-state index in [4.69, 9.17) is 0 Å². The highest BCUT2D eigenvalue weighted by atomic mass is 16.4. The van der Waals surface area contributed by atoms with Crippen molar-refractivity contribution in [1.82, 2.24) is 9.88 Å². The molecule has 0 radical (unpaired) electrons. The van der Waals surface area contributed by atoms with Gasteiger partial charge in [0.05, 0.1) is 5.69 Å². The highest BCUT2D eigenvalue weighted by Gasteiger charge is 2.21. The van der Waals surface area contributed by atoms with Gasteiger partial charge in [-0.3, -0.25) is 5.32 Å². The lowest BCUT2D eigenvalue weighted by Crippen LogP contribution is -2.21. The third kappa shape index (κ3) is 3.23. The second-order valence-electron chi connectivity index (χ2n) is 7.30. The molecule has 0 saturated carbocycles. The molecule has 0 unspecified atom stereocenters. The molecule has 1 aliphatic rings. The number of carboxylic acid groups (broad SMARTS) is 1. The van der Waals surface area contributed by atoms with Crippen LogP contribution in [-0.2, 0) is 12.0 Å². The summed E-state index contributed by atoms with van der Waals surface area (Å²) in [5.41, 5.74) is 5.25. The van der Waals surface area contributed by atoms with E-state index in [1.807, 2.05) is 6.07 Å². The van der Waals surface area contributed by atoms with Crippen molar-refractivity contribution in [3.63, 3.8) is 0 Å². The van der Waals surface area contributed by atoms with Gasteiger partial charge in [-0.05, 0) is 41.5 Å². The van der Waals surface area contributed by atoms with E-state index in [2.05, 4.69) is 67.2 Å². The van der Waals surface area contributed by atoms with Gasteiger partial charge in [-0.15, -0.1) is 0 Å². The Morgan fingerprint density at radius 2 is 1.88 bits per heavy atom. The van der Waals surface area contributed by atoms with Crippen molar-refractivity contribution in [3.05, 3.63) is 65.1 Å². The molecule has 3 rings (SSSR count). The standard InChI is InChI=1S/C20H24N2O2/c1-20(2,3)15-10-8-14(9-11-15)18-16(21-19(23)24)6-4-12-22-13-5-7-17(18)22/h5,7-11,13,21H,4,6,12H2,1-3H3,(H,23,24). The van der Waals surface area contributed by atoms with Crippen molar-refractivity contribution >= 4 is 11.7 Å². The largest absolute Gasteiger partial charge is 0.465 e. The summed E-state index contributed by atoms with van der Waals surface area (Å²) in [5, 5.41) is 11.8. The lowest BCUT2D eigenvalue weighted by molar-refractivity contribution is 0.197. The first-order valence-electron chi connectivity index (χ1n) is 8.36. The lowest BCUT2D eigenvalue weighted by atomic mass is 9.86. The maximum Gasteiger partial charge on any atom is 0.408 e. The first kappa shape index (κ1) is 16.4. The van der Waals surface area contributed by atoms with Crippen molar-refractivity contribution in [2.45, 2.75) is 45.6 Å². The molecule has 4 heteroatoms. The molecule has 4 nitrogen and oxygen atoms in total. The summed E-state index contributed by atoms with van der Waals surface area (Å²) in [4.78, 5) is 11.2.